The van der Waals surface area contributed by atoms with Crippen molar-refractivity contribution < 1.29 is 9.52 Å². The Bertz CT molecular complexity index is 476. The third kappa shape index (κ3) is 2.55. The van der Waals surface area contributed by atoms with Crippen molar-refractivity contribution in [3.63, 3.8) is 0 Å². The zero-order valence-corrected chi connectivity index (χ0v) is 10.1. The van der Waals surface area contributed by atoms with E-state index in [0.29, 0.717) is 6.42 Å². The van der Waals surface area contributed by atoms with Gasteiger partial charge in [0.05, 0.1) is 12.4 Å². The third-order valence-corrected chi connectivity index (χ3v) is 2.77. The lowest BCUT2D eigenvalue weighted by atomic mass is 10.1. The summed E-state index contributed by atoms with van der Waals surface area (Å²) >= 11 is 0. The molecule has 0 saturated carbocycles. The molecular weight excluding hydrogens is 218 g/mol. The van der Waals surface area contributed by atoms with Gasteiger partial charge in [0.1, 0.15) is 17.9 Å². The van der Waals surface area contributed by atoms with Crippen LogP contribution in [0.5, 0.6) is 0 Å². The molecule has 0 aliphatic heterocycles. The van der Waals surface area contributed by atoms with E-state index in [4.69, 9.17) is 4.42 Å². The second-order valence-corrected chi connectivity index (χ2v) is 4.05. The topological polar surface area (TPSA) is 64.1 Å². The van der Waals surface area contributed by atoms with Crippen LogP contribution in [0.4, 0.5) is 0 Å². The van der Waals surface area contributed by atoms with Gasteiger partial charge in [0, 0.05) is 18.5 Å². The Hall–Kier alpha value is -1.62. The highest BCUT2D eigenvalue weighted by atomic mass is 16.3. The molecule has 0 radical (unpaired) electrons. The van der Waals surface area contributed by atoms with E-state index in [2.05, 4.69) is 17.0 Å². The van der Waals surface area contributed by atoms with E-state index < -0.39 is 6.10 Å². The van der Waals surface area contributed by atoms with Gasteiger partial charge in [-0.2, -0.15) is 5.10 Å². The second kappa shape index (κ2) is 5.14. The predicted molar refractivity (Wildman–Crippen MR) is 62.4 cm³/mol. The summed E-state index contributed by atoms with van der Waals surface area (Å²) in [5, 5.41) is 14.2. The molecule has 0 spiro atoms. The number of aliphatic hydroxyl groups excluding tert-OH is 1. The van der Waals surface area contributed by atoms with Crippen LogP contribution in [-0.4, -0.2) is 19.9 Å². The average Bonchev–Trinajstić information content (AvgIpc) is 2.89. The zero-order valence-electron chi connectivity index (χ0n) is 10.1. The second-order valence-electron chi connectivity index (χ2n) is 4.05. The van der Waals surface area contributed by atoms with Crippen LogP contribution in [0.15, 0.2) is 23.1 Å². The molecule has 0 aromatic carbocycles. The Kier molecular flexibility index (Phi) is 3.58. The summed E-state index contributed by atoms with van der Waals surface area (Å²) in [5.74, 6) is 1.55. The Labute approximate surface area is 100 Å². The van der Waals surface area contributed by atoms with Gasteiger partial charge in [-0.25, -0.2) is 4.98 Å². The molecule has 0 aliphatic rings. The van der Waals surface area contributed by atoms with Crippen molar-refractivity contribution in [2.75, 3.05) is 0 Å². The quantitative estimate of drug-likeness (QED) is 0.859. The van der Waals surface area contributed by atoms with Crippen LogP contribution in [-0.2, 0) is 13.0 Å². The van der Waals surface area contributed by atoms with Crippen LogP contribution in [0.1, 0.15) is 36.6 Å². The lowest BCUT2D eigenvalue weighted by Crippen LogP contribution is -2.10. The molecule has 1 N–H and O–H groups in total. The minimum Gasteiger partial charge on any atom is -0.469 e. The minimum atomic E-state index is -0.589. The molecular formula is C12H17N3O2. The molecule has 2 rings (SSSR count). The molecule has 5 nitrogen and oxygen atoms in total. The van der Waals surface area contributed by atoms with Crippen LogP contribution in [0.3, 0.4) is 0 Å². The number of nitrogens with zero attached hydrogens (tertiary/aromatic N) is 3. The maximum Gasteiger partial charge on any atom is 0.138 e. The first-order valence-electron chi connectivity index (χ1n) is 5.81. The number of hydrogen-bond acceptors (Lipinski definition) is 4. The first-order valence-corrected chi connectivity index (χ1v) is 5.81. The summed E-state index contributed by atoms with van der Waals surface area (Å²) in [6, 6.07) is 1.79. The largest absolute Gasteiger partial charge is 0.469 e. The molecule has 2 aromatic heterocycles. The van der Waals surface area contributed by atoms with Gasteiger partial charge in [0.25, 0.3) is 0 Å². The fraction of sp³-hybridized carbons (Fsp3) is 0.500. The Morgan fingerprint density at radius 3 is 3.00 bits per heavy atom. The van der Waals surface area contributed by atoms with Crippen molar-refractivity contribution in [1.82, 2.24) is 14.8 Å². The fourth-order valence-electron chi connectivity index (χ4n) is 1.87. The SMILES string of the molecule is CCCn1ncnc1CC(O)c1ccoc1C. The monoisotopic (exact) mass is 235 g/mol. The van der Waals surface area contributed by atoms with Crippen LogP contribution in [0.25, 0.3) is 0 Å². The molecule has 0 fully saturated rings. The fourth-order valence-corrected chi connectivity index (χ4v) is 1.87. The van der Waals surface area contributed by atoms with Gasteiger partial charge in [-0.15, -0.1) is 0 Å². The van der Waals surface area contributed by atoms with Crippen molar-refractivity contribution in [3.05, 3.63) is 35.8 Å². The van der Waals surface area contributed by atoms with Crippen LogP contribution < -0.4 is 0 Å². The smallest absolute Gasteiger partial charge is 0.138 e. The normalized spacial score (nSPS) is 12.9. The predicted octanol–water partition coefficient (Wildman–Crippen LogP) is 1.87. The Morgan fingerprint density at radius 2 is 2.35 bits per heavy atom. The van der Waals surface area contributed by atoms with Gasteiger partial charge in [0.2, 0.25) is 0 Å². The molecule has 2 heterocycles. The van der Waals surface area contributed by atoms with Crippen LogP contribution in [0.2, 0.25) is 0 Å². The van der Waals surface area contributed by atoms with Crippen molar-refractivity contribution in [2.24, 2.45) is 0 Å². The molecule has 5 heteroatoms. The lowest BCUT2D eigenvalue weighted by molar-refractivity contribution is 0.172. The van der Waals surface area contributed by atoms with E-state index in [1.54, 1.807) is 12.3 Å². The van der Waals surface area contributed by atoms with Gasteiger partial charge in [-0.1, -0.05) is 6.92 Å². The zero-order chi connectivity index (χ0) is 12.3. The number of aliphatic hydroxyl groups is 1. The van der Waals surface area contributed by atoms with Gasteiger partial charge in [-0.3, -0.25) is 4.68 Å². The lowest BCUT2D eigenvalue weighted by Gasteiger charge is -2.10. The molecule has 0 aliphatic carbocycles. The summed E-state index contributed by atoms with van der Waals surface area (Å²) in [6.07, 6.45) is 3.98. The average molecular weight is 235 g/mol. The summed E-state index contributed by atoms with van der Waals surface area (Å²) in [4.78, 5) is 4.18. The number of hydrogen-bond donors (Lipinski definition) is 1. The first-order chi connectivity index (χ1) is 8.22. The Balaban J connectivity index is 2.10. The molecule has 2 aromatic rings. The van der Waals surface area contributed by atoms with E-state index in [1.165, 1.54) is 6.33 Å². The molecule has 1 unspecified atom stereocenters. The van der Waals surface area contributed by atoms with Crippen LogP contribution in [0, 0.1) is 6.92 Å². The van der Waals surface area contributed by atoms with Crippen molar-refractivity contribution in [3.8, 4) is 0 Å². The standard InChI is InChI=1S/C12H17N3O2/c1-3-5-15-12(13-8-14-15)7-11(16)10-4-6-17-9(10)2/h4,6,8,11,16H,3,5,7H2,1-2H3. The minimum absolute atomic E-state index is 0.459. The summed E-state index contributed by atoms with van der Waals surface area (Å²) < 4.78 is 7.01. The van der Waals surface area contributed by atoms with Gasteiger partial charge < -0.3 is 9.52 Å². The van der Waals surface area contributed by atoms with Crippen molar-refractivity contribution in [2.45, 2.75) is 39.3 Å². The third-order valence-electron chi connectivity index (χ3n) is 2.77. The highest BCUT2D eigenvalue weighted by Crippen LogP contribution is 2.21. The van der Waals surface area contributed by atoms with Crippen molar-refractivity contribution >= 4 is 0 Å². The first kappa shape index (κ1) is 11.9. The molecule has 0 saturated heterocycles. The van der Waals surface area contributed by atoms with Gasteiger partial charge in [-0.05, 0) is 19.4 Å². The summed E-state index contributed by atoms with van der Waals surface area (Å²) in [6.45, 7) is 4.75. The van der Waals surface area contributed by atoms with E-state index in [1.807, 2.05) is 11.6 Å². The van der Waals surface area contributed by atoms with E-state index in [0.717, 1.165) is 30.1 Å². The molecule has 92 valence electrons. The molecule has 1 atom stereocenters. The van der Waals surface area contributed by atoms with E-state index in [9.17, 15) is 5.11 Å². The Morgan fingerprint density at radius 1 is 1.53 bits per heavy atom. The molecule has 0 amide bonds. The van der Waals surface area contributed by atoms with Gasteiger partial charge in [0.15, 0.2) is 0 Å². The number of aromatic nitrogens is 3. The molecule has 0 bridgehead atoms. The number of furan rings is 1. The van der Waals surface area contributed by atoms with Crippen LogP contribution >= 0.6 is 0 Å². The maximum atomic E-state index is 10.1. The van der Waals surface area contributed by atoms with Gasteiger partial charge >= 0.3 is 0 Å². The van der Waals surface area contributed by atoms with E-state index in [-0.39, 0.29) is 0 Å². The highest BCUT2D eigenvalue weighted by Gasteiger charge is 2.16. The van der Waals surface area contributed by atoms with Crippen molar-refractivity contribution in [1.29, 1.82) is 0 Å². The summed E-state index contributed by atoms with van der Waals surface area (Å²) in [5.41, 5.74) is 0.816. The number of rotatable bonds is 5. The maximum absolute atomic E-state index is 10.1. The molecule has 17 heavy (non-hydrogen) atoms. The summed E-state index contributed by atoms with van der Waals surface area (Å²) in [7, 11) is 0. The van der Waals surface area contributed by atoms with E-state index >= 15 is 0 Å². The highest BCUT2D eigenvalue weighted by molar-refractivity contribution is 5.19. The number of aryl methyl sites for hydroxylation is 2.